The van der Waals surface area contributed by atoms with Gasteiger partial charge in [-0.05, 0) is 51.7 Å². The van der Waals surface area contributed by atoms with Crippen LogP contribution in [0.5, 0.6) is 5.75 Å². The molecule has 2 atom stereocenters. The predicted molar refractivity (Wildman–Crippen MR) is 130 cm³/mol. The van der Waals surface area contributed by atoms with Gasteiger partial charge < -0.3 is 14.4 Å². The fraction of sp³-hybridized carbons (Fsp3) is 0.542. The van der Waals surface area contributed by atoms with Crippen molar-refractivity contribution in [2.24, 2.45) is 0 Å². The molecular formula is C24H30N2O4S2. The lowest BCUT2D eigenvalue weighted by molar-refractivity contribution is -0.145. The molecule has 0 aromatic heterocycles. The predicted octanol–water partition coefficient (Wildman–Crippen LogP) is 4.24. The Labute approximate surface area is 199 Å². The van der Waals surface area contributed by atoms with Gasteiger partial charge in [0.05, 0.1) is 23.2 Å². The number of hydrogen-bond donors (Lipinski definition) is 0. The number of benzene rings is 1. The van der Waals surface area contributed by atoms with Crippen molar-refractivity contribution >= 4 is 46.2 Å². The summed E-state index contributed by atoms with van der Waals surface area (Å²) in [5.74, 6) is 0.456. The second-order valence-corrected chi connectivity index (χ2v) is 10.4. The van der Waals surface area contributed by atoms with Crippen LogP contribution in [0.3, 0.4) is 0 Å². The number of amides is 2. The maximum absolute atomic E-state index is 13.1. The van der Waals surface area contributed by atoms with Crippen LogP contribution in [0.25, 0.3) is 6.08 Å². The topological polar surface area (TPSA) is 59.1 Å². The molecule has 1 aromatic carbocycles. The molecule has 2 saturated heterocycles. The molecule has 3 aliphatic rings. The Kier molecular flexibility index (Phi) is 7.53. The van der Waals surface area contributed by atoms with Gasteiger partial charge in [-0.3, -0.25) is 14.5 Å². The Balaban J connectivity index is 1.45. The summed E-state index contributed by atoms with van der Waals surface area (Å²) in [6, 6.07) is 7.78. The molecule has 6 nitrogen and oxygen atoms in total. The zero-order chi connectivity index (χ0) is 22.7. The summed E-state index contributed by atoms with van der Waals surface area (Å²) in [6.07, 6.45) is 7.81. The van der Waals surface area contributed by atoms with Crippen LogP contribution >= 0.6 is 24.0 Å². The van der Waals surface area contributed by atoms with Crippen molar-refractivity contribution in [1.29, 1.82) is 0 Å². The lowest BCUT2D eigenvalue weighted by Crippen LogP contribution is -2.51. The molecular weight excluding hydrogens is 444 g/mol. The van der Waals surface area contributed by atoms with Crippen LogP contribution < -0.4 is 4.74 Å². The number of hydrogen-bond acceptors (Lipinski definition) is 6. The minimum absolute atomic E-state index is 0.0190. The molecule has 0 radical (unpaired) electrons. The third kappa shape index (κ3) is 5.53. The lowest BCUT2D eigenvalue weighted by atomic mass is 9.97. The van der Waals surface area contributed by atoms with Gasteiger partial charge in [-0.1, -0.05) is 48.6 Å². The van der Waals surface area contributed by atoms with E-state index in [-0.39, 0.29) is 36.7 Å². The van der Waals surface area contributed by atoms with Gasteiger partial charge in [0.1, 0.15) is 16.6 Å². The maximum Gasteiger partial charge on any atom is 0.266 e. The van der Waals surface area contributed by atoms with Crippen LogP contribution in [0.1, 0.15) is 51.5 Å². The first-order chi connectivity index (χ1) is 15.4. The smallest absolute Gasteiger partial charge is 0.266 e. The number of thioether (sulfide) groups is 1. The molecule has 0 N–H and O–H groups in total. The molecule has 1 aliphatic carbocycles. The van der Waals surface area contributed by atoms with Crippen molar-refractivity contribution in [3.8, 4) is 5.75 Å². The van der Waals surface area contributed by atoms with Gasteiger partial charge in [-0.25, -0.2) is 0 Å². The van der Waals surface area contributed by atoms with Crippen LogP contribution in [0.4, 0.5) is 0 Å². The molecule has 0 spiro atoms. The fourth-order valence-electron chi connectivity index (χ4n) is 4.46. The molecule has 32 heavy (non-hydrogen) atoms. The Morgan fingerprint density at radius 3 is 2.59 bits per heavy atom. The number of morpholine rings is 1. The van der Waals surface area contributed by atoms with E-state index in [0.717, 1.165) is 24.2 Å². The molecule has 2 heterocycles. The Morgan fingerprint density at radius 2 is 1.88 bits per heavy atom. The normalized spacial score (nSPS) is 26.1. The Morgan fingerprint density at radius 1 is 1.19 bits per heavy atom. The lowest BCUT2D eigenvalue weighted by Gasteiger charge is -2.36. The highest BCUT2D eigenvalue weighted by Crippen LogP contribution is 2.35. The minimum Gasteiger partial charge on any atom is -0.490 e. The van der Waals surface area contributed by atoms with Gasteiger partial charge in [0.2, 0.25) is 5.91 Å². The highest BCUT2D eigenvalue weighted by molar-refractivity contribution is 8.26. The van der Waals surface area contributed by atoms with E-state index in [1.165, 1.54) is 35.9 Å². The first-order valence-electron chi connectivity index (χ1n) is 11.3. The maximum atomic E-state index is 13.1. The summed E-state index contributed by atoms with van der Waals surface area (Å²) in [4.78, 5) is 29.6. The highest BCUT2D eigenvalue weighted by atomic mass is 32.2. The molecule has 4 rings (SSSR count). The standard InChI is InChI=1S/C24H30N2O4S2/c1-16-13-25(14-17(2)29-16)22(27)15-26-23(28)21(32-24(26)31)12-18-8-6-7-11-20(18)30-19-9-4-3-5-10-19/h6-8,11-12,16-17,19H,3-5,9-10,13-15H2,1-2H3/b21-12-. The van der Waals surface area contributed by atoms with Gasteiger partial charge in [0.25, 0.3) is 5.91 Å². The van der Waals surface area contributed by atoms with E-state index in [9.17, 15) is 9.59 Å². The molecule has 3 fully saturated rings. The second-order valence-electron chi connectivity index (χ2n) is 8.74. The monoisotopic (exact) mass is 474 g/mol. The van der Waals surface area contributed by atoms with Crippen molar-refractivity contribution in [2.45, 2.75) is 64.3 Å². The SMILES string of the molecule is CC1CN(C(=O)CN2C(=O)/C(=C/c3ccccc3OC3CCCCC3)SC2=S)CC(C)O1. The van der Waals surface area contributed by atoms with Crippen LogP contribution in [0, 0.1) is 0 Å². The molecule has 1 saturated carbocycles. The number of para-hydroxylation sites is 1. The van der Waals surface area contributed by atoms with E-state index >= 15 is 0 Å². The third-order valence-electron chi connectivity index (χ3n) is 5.99. The average Bonchev–Trinajstić information content (AvgIpc) is 3.02. The van der Waals surface area contributed by atoms with Gasteiger partial charge in [-0.2, -0.15) is 0 Å². The summed E-state index contributed by atoms with van der Waals surface area (Å²) in [7, 11) is 0. The number of thiocarbonyl (C=S) groups is 1. The van der Waals surface area contributed by atoms with Crippen molar-refractivity contribution < 1.29 is 19.1 Å². The number of nitrogens with zero attached hydrogens (tertiary/aromatic N) is 2. The number of rotatable bonds is 5. The van der Waals surface area contributed by atoms with Crippen molar-refractivity contribution in [1.82, 2.24) is 9.80 Å². The molecule has 2 aliphatic heterocycles. The minimum atomic E-state index is -0.227. The van der Waals surface area contributed by atoms with Crippen molar-refractivity contribution in [2.75, 3.05) is 19.6 Å². The van der Waals surface area contributed by atoms with Crippen LogP contribution in [0.15, 0.2) is 29.2 Å². The third-order valence-corrected chi connectivity index (χ3v) is 7.37. The summed E-state index contributed by atoms with van der Waals surface area (Å²) in [6.45, 7) is 4.91. The van der Waals surface area contributed by atoms with Crippen molar-refractivity contribution in [3.63, 3.8) is 0 Å². The Bertz CT molecular complexity index is 903. The molecule has 1 aromatic rings. The number of carbonyl (C=O) groups is 2. The van der Waals surface area contributed by atoms with Gasteiger partial charge in [-0.15, -0.1) is 0 Å². The molecule has 172 valence electrons. The van der Waals surface area contributed by atoms with Gasteiger partial charge >= 0.3 is 0 Å². The molecule has 8 heteroatoms. The molecule has 2 unspecified atom stereocenters. The number of ether oxygens (including phenoxy) is 2. The van der Waals surface area contributed by atoms with Crippen LogP contribution in [0.2, 0.25) is 0 Å². The quantitative estimate of drug-likeness (QED) is 0.470. The van der Waals surface area contributed by atoms with E-state index in [0.29, 0.717) is 22.3 Å². The van der Waals surface area contributed by atoms with Crippen molar-refractivity contribution in [3.05, 3.63) is 34.7 Å². The van der Waals surface area contributed by atoms with E-state index in [2.05, 4.69) is 0 Å². The zero-order valence-electron chi connectivity index (χ0n) is 18.6. The summed E-state index contributed by atoms with van der Waals surface area (Å²) in [5, 5.41) is 0. The fourth-order valence-corrected chi connectivity index (χ4v) is 5.71. The summed E-state index contributed by atoms with van der Waals surface area (Å²) >= 11 is 6.68. The van der Waals surface area contributed by atoms with Crippen LogP contribution in [-0.4, -0.2) is 63.9 Å². The van der Waals surface area contributed by atoms with Gasteiger partial charge in [0.15, 0.2) is 0 Å². The van der Waals surface area contributed by atoms with Gasteiger partial charge in [0, 0.05) is 18.7 Å². The largest absolute Gasteiger partial charge is 0.490 e. The highest BCUT2D eigenvalue weighted by Gasteiger charge is 2.36. The zero-order valence-corrected chi connectivity index (χ0v) is 20.3. The summed E-state index contributed by atoms with van der Waals surface area (Å²) in [5.41, 5.74) is 0.862. The van der Waals surface area contributed by atoms with Crippen LogP contribution in [-0.2, 0) is 14.3 Å². The van der Waals surface area contributed by atoms with E-state index in [1.54, 1.807) is 4.90 Å². The first-order valence-corrected chi connectivity index (χ1v) is 12.6. The molecule has 2 amide bonds. The average molecular weight is 475 g/mol. The first kappa shape index (κ1) is 23.3. The second kappa shape index (κ2) is 10.4. The summed E-state index contributed by atoms with van der Waals surface area (Å²) < 4.78 is 12.4. The Hall–Kier alpha value is -1.90. The van der Waals surface area contributed by atoms with E-state index in [4.69, 9.17) is 21.7 Å². The molecule has 0 bridgehead atoms. The van der Waals surface area contributed by atoms with E-state index < -0.39 is 0 Å². The number of carbonyl (C=O) groups excluding carboxylic acids is 2. The van der Waals surface area contributed by atoms with E-state index in [1.807, 2.05) is 44.2 Å².